The van der Waals surface area contributed by atoms with Gasteiger partial charge in [0.1, 0.15) is 10.2 Å². The number of para-hydroxylation sites is 1. The molecule has 1 aromatic heterocycles. The third kappa shape index (κ3) is 3.42. The Morgan fingerprint density at radius 1 is 1.00 bits per heavy atom. The minimum Gasteiger partial charge on any atom is -0.454 e. The molecule has 0 aliphatic carbocycles. The van der Waals surface area contributed by atoms with Crippen molar-refractivity contribution in [3.05, 3.63) is 65.2 Å². The van der Waals surface area contributed by atoms with Crippen LogP contribution in [0.2, 0.25) is 0 Å². The molecule has 0 saturated carbocycles. The summed E-state index contributed by atoms with van der Waals surface area (Å²) in [5.41, 5.74) is 4.49. The van der Waals surface area contributed by atoms with E-state index in [0.717, 1.165) is 34.8 Å². The predicted octanol–water partition coefficient (Wildman–Crippen LogP) is 4.77. The molecule has 9 heteroatoms. The predicted molar refractivity (Wildman–Crippen MR) is 131 cm³/mol. The second-order valence-corrected chi connectivity index (χ2v) is 9.56. The quantitative estimate of drug-likeness (QED) is 0.444. The van der Waals surface area contributed by atoms with Gasteiger partial charge in [-0.1, -0.05) is 35.6 Å². The lowest BCUT2D eigenvalue weighted by atomic mass is 10.0. The Labute approximate surface area is 205 Å². The molecule has 8 nitrogen and oxygen atoms in total. The topological polar surface area (TPSA) is 82.2 Å². The van der Waals surface area contributed by atoms with Gasteiger partial charge in [0, 0.05) is 18.8 Å². The summed E-state index contributed by atoms with van der Waals surface area (Å²) >= 11 is 1.53. The van der Waals surface area contributed by atoms with Crippen molar-refractivity contribution in [2.45, 2.75) is 19.4 Å². The zero-order chi connectivity index (χ0) is 23.4. The molecule has 176 valence electrons. The third-order valence-electron chi connectivity index (χ3n) is 6.47. The van der Waals surface area contributed by atoms with Crippen LogP contribution in [0.15, 0.2) is 48.5 Å². The van der Waals surface area contributed by atoms with Crippen LogP contribution in [-0.2, 0) is 13.0 Å². The number of carbonyl (C=O) groups is 1. The van der Waals surface area contributed by atoms with E-state index in [2.05, 4.69) is 28.4 Å². The highest BCUT2D eigenvalue weighted by atomic mass is 32.1. The van der Waals surface area contributed by atoms with Gasteiger partial charge in [-0.05, 0) is 48.2 Å². The van der Waals surface area contributed by atoms with E-state index in [9.17, 15) is 4.79 Å². The van der Waals surface area contributed by atoms with Crippen molar-refractivity contribution in [3.63, 3.8) is 0 Å². The molecule has 3 aromatic carbocycles. The van der Waals surface area contributed by atoms with Crippen molar-refractivity contribution in [3.8, 4) is 23.0 Å². The number of aromatic nitrogens is 1. The summed E-state index contributed by atoms with van der Waals surface area (Å²) in [6, 6.07) is 15.8. The number of nitrogens with one attached hydrogen (secondary N) is 1. The molecule has 3 aliphatic heterocycles. The van der Waals surface area contributed by atoms with Gasteiger partial charge in [-0.15, -0.1) is 0 Å². The molecule has 4 aromatic rings. The molecule has 3 aliphatic rings. The van der Waals surface area contributed by atoms with Crippen molar-refractivity contribution < 1.29 is 23.7 Å². The maximum absolute atomic E-state index is 13.3. The van der Waals surface area contributed by atoms with Gasteiger partial charge in [0.2, 0.25) is 13.6 Å². The van der Waals surface area contributed by atoms with Gasteiger partial charge >= 0.3 is 0 Å². The van der Waals surface area contributed by atoms with Crippen LogP contribution in [0, 0.1) is 0 Å². The van der Waals surface area contributed by atoms with Crippen molar-refractivity contribution >= 4 is 38.3 Å². The van der Waals surface area contributed by atoms with Gasteiger partial charge in [-0.25, -0.2) is 4.98 Å². The Hall–Kier alpha value is -3.98. The normalized spacial score (nSPS) is 15.4. The van der Waals surface area contributed by atoms with Crippen LogP contribution in [0.1, 0.15) is 27.9 Å². The Kier molecular flexibility index (Phi) is 4.70. The number of nitrogens with zero attached hydrogens (tertiary/aromatic N) is 2. The number of aryl methyl sites for hydroxylation is 1. The van der Waals surface area contributed by atoms with Crippen LogP contribution < -0.4 is 29.2 Å². The van der Waals surface area contributed by atoms with Crippen LogP contribution in [0.4, 0.5) is 10.8 Å². The SMILES string of the molecule is O=C(NCc1ccc2c(c1)OCO2)c1cc2c(c3sc(N4CCCc5ccccc54)nc13)OCO2. The molecule has 0 saturated heterocycles. The van der Waals surface area contributed by atoms with Crippen LogP contribution in [0.5, 0.6) is 23.0 Å². The van der Waals surface area contributed by atoms with Gasteiger partial charge in [-0.2, -0.15) is 0 Å². The van der Waals surface area contributed by atoms with Crippen LogP contribution in [0.25, 0.3) is 10.2 Å². The largest absolute Gasteiger partial charge is 0.454 e. The molecular weight excluding hydrogens is 466 g/mol. The van der Waals surface area contributed by atoms with E-state index in [0.29, 0.717) is 40.6 Å². The molecule has 1 N–H and O–H groups in total. The molecule has 7 rings (SSSR count). The highest BCUT2D eigenvalue weighted by molar-refractivity contribution is 7.22. The van der Waals surface area contributed by atoms with E-state index in [1.165, 1.54) is 22.6 Å². The average molecular weight is 488 g/mol. The molecule has 0 spiro atoms. The number of carbonyl (C=O) groups excluding carboxylic acids is 1. The van der Waals surface area contributed by atoms with Crippen molar-refractivity contribution in [2.24, 2.45) is 0 Å². The van der Waals surface area contributed by atoms with E-state index in [4.69, 9.17) is 23.9 Å². The van der Waals surface area contributed by atoms with E-state index >= 15 is 0 Å². The zero-order valence-corrected chi connectivity index (χ0v) is 19.5. The Morgan fingerprint density at radius 2 is 1.86 bits per heavy atom. The molecule has 4 heterocycles. The highest BCUT2D eigenvalue weighted by Crippen LogP contribution is 2.47. The fraction of sp³-hybridized carbons (Fsp3) is 0.231. The highest BCUT2D eigenvalue weighted by Gasteiger charge is 2.28. The second-order valence-electron chi connectivity index (χ2n) is 8.59. The lowest BCUT2D eigenvalue weighted by molar-refractivity contribution is 0.0952. The van der Waals surface area contributed by atoms with Gasteiger partial charge in [-0.3, -0.25) is 4.79 Å². The first-order valence-electron chi connectivity index (χ1n) is 11.5. The van der Waals surface area contributed by atoms with Crippen LogP contribution in [0.3, 0.4) is 0 Å². The van der Waals surface area contributed by atoms with Crippen molar-refractivity contribution in [2.75, 3.05) is 25.0 Å². The third-order valence-corrected chi connectivity index (χ3v) is 7.55. The van der Waals surface area contributed by atoms with Gasteiger partial charge in [0.05, 0.1) is 5.56 Å². The standard InChI is InChI=1S/C26H21N3O5S/c30-25(27-12-15-7-8-19-20(10-15)32-13-31-19)17-11-21-23(34-14-33-21)24-22(17)28-26(35-24)29-9-3-5-16-4-1-2-6-18(16)29/h1-2,4,6-8,10-11H,3,5,9,12-14H2,(H,27,30). The number of ether oxygens (including phenoxy) is 4. The summed E-state index contributed by atoms with van der Waals surface area (Å²) in [6.07, 6.45) is 2.10. The number of amides is 1. The average Bonchev–Trinajstić information content (AvgIpc) is 3.65. The van der Waals surface area contributed by atoms with E-state index in [1.54, 1.807) is 6.07 Å². The number of rotatable bonds is 4. The first kappa shape index (κ1) is 20.4. The Balaban J connectivity index is 1.24. The first-order valence-corrected chi connectivity index (χ1v) is 12.3. The second kappa shape index (κ2) is 8.06. The summed E-state index contributed by atoms with van der Waals surface area (Å²) < 4.78 is 23.1. The molecule has 0 radical (unpaired) electrons. The smallest absolute Gasteiger partial charge is 0.253 e. The maximum Gasteiger partial charge on any atom is 0.253 e. The molecule has 1 amide bonds. The van der Waals surface area contributed by atoms with Crippen molar-refractivity contribution in [1.82, 2.24) is 10.3 Å². The fourth-order valence-corrected chi connectivity index (χ4v) is 5.89. The summed E-state index contributed by atoms with van der Waals surface area (Å²) in [7, 11) is 0. The van der Waals surface area contributed by atoms with E-state index < -0.39 is 0 Å². The molecule has 0 bridgehead atoms. The molecule has 0 fully saturated rings. The van der Waals surface area contributed by atoms with Gasteiger partial charge in [0.15, 0.2) is 28.1 Å². The minimum atomic E-state index is -0.220. The van der Waals surface area contributed by atoms with Gasteiger partial charge < -0.3 is 29.2 Å². The van der Waals surface area contributed by atoms with Crippen LogP contribution >= 0.6 is 11.3 Å². The molecule has 35 heavy (non-hydrogen) atoms. The fourth-order valence-electron chi connectivity index (χ4n) is 4.77. The number of hydrogen-bond donors (Lipinski definition) is 1. The Morgan fingerprint density at radius 3 is 2.83 bits per heavy atom. The summed E-state index contributed by atoms with van der Waals surface area (Å²) in [5, 5.41) is 3.86. The van der Waals surface area contributed by atoms with Crippen molar-refractivity contribution in [1.29, 1.82) is 0 Å². The Bertz CT molecular complexity index is 1480. The van der Waals surface area contributed by atoms with Crippen LogP contribution in [-0.4, -0.2) is 31.0 Å². The summed E-state index contributed by atoms with van der Waals surface area (Å²) in [5.74, 6) is 2.41. The van der Waals surface area contributed by atoms with E-state index in [1.807, 2.05) is 24.3 Å². The number of fused-ring (bicyclic) bond motifs is 5. The number of benzene rings is 3. The molecule has 0 atom stereocenters. The first-order chi connectivity index (χ1) is 17.2. The number of thiazole rings is 1. The monoisotopic (exact) mass is 487 g/mol. The minimum absolute atomic E-state index is 0.131. The zero-order valence-electron chi connectivity index (χ0n) is 18.7. The van der Waals surface area contributed by atoms with E-state index in [-0.39, 0.29) is 19.5 Å². The number of hydrogen-bond acceptors (Lipinski definition) is 8. The van der Waals surface area contributed by atoms with Gasteiger partial charge in [0.25, 0.3) is 5.91 Å². The maximum atomic E-state index is 13.3. The summed E-state index contributed by atoms with van der Waals surface area (Å²) in [4.78, 5) is 20.5. The summed E-state index contributed by atoms with van der Waals surface area (Å²) in [6.45, 7) is 1.57. The molecule has 0 unspecified atom stereocenters. The number of anilines is 2. The molecular formula is C26H21N3O5S. The lowest BCUT2D eigenvalue weighted by Gasteiger charge is -2.28. The lowest BCUT2D eigenvalue weighted by Crippen LogP contribution is -2.24.